The van der Waals surface area contributed by atoms with Gasteiger partial charge in [0.05, 0.1) is 52.9 Å². The fourth-order valence-corrected chi connectivity index (χ4v) is 0.671. The van der Waals surface area contributed by atoms with Gasteiger partial charge in [0.1, 0.15) is 12.6 Å². The van der Waals surface area contributed by atoms with Gasteiger partial charge in [0, 0.05) is 0 Å². The molecule has 0 aromatic heterocycles. The molecule has 0 saturated heterocycles. The summed E-state index contributed by atoms with van der Waals surface area (Å²) in [5.74, 6) is 0. The van der Waals surface area contributed by atoms with Crippen molar-refractivity contribution in [2.24, 2.45) is 0 Å². The summed E-state index contributed by atoms with van der Waals surface area (Å²) in [6, 6.07) is 0. The van der Waals surface area contributed by atoms with Crippen LogP contribution in [0.2, 0.25) is 0 Å². The van der Waals surface area contributed by atoms with E-state index < -0.39 is 12.6 Å². The molecule has 0 amide bonds. The molecule has 6 N–H and O–H groups in total. The normalized spacial score (nSPS) is 10.0. The number of ether oxygens (including phenoxy) is 3. The van der Waals surface area contributed by atoms with Crippen molar-refractivity contribution in [1.82, 2.24) is 0 Å². The van der Waals surface area contributed by atoms with Crippen LogP contribution in [0.25, 0.3) is 0 Å². The molecule has 0 rings (SSSR count). The standard InChI is InChI=1S/C8H18O5.2C2H6O2/c9-1-3-11-5-7-13-8-6-12-4-2-10;2*1-2(3)4/h9-10H,1-8H2;2*2-4H,1H3. The maximum Gasteiger partial charge on any atom is 0.148 e. The molecule has 0 aliphatic rings. The average molecular weight is 318 g/mol. The van der Waals surface area contributed by atoms with Gasteiger partial charge in [-0.15, -0.1) is 0 Å². The monoisotopic (exact) mass is 318 g/mol. The molecule has 0 spiro atoms. The van der Waals surface area contributed by atoms with Crippen molar-refractivity contribution in [1.29, 1.82) is 0 Å². The number of aliphatic hydroxyl groups excluding tert-OH is 4. The molecule has 0 aromatic carbocycles. The minimum absolute atomic E-state index is 0.0413. The molecule has 0 heterocycles. The Morgan fingerprint density at radius 1 is 0.571 bits per heavy atom. The fraction of sp³-hybridized carbons (Fsp3) is 1.00. The topological polar surface area (TPSA) is 149 Å². The van der Waals surface area contributed by atoms with Gasteiger partial charge in [-0.25, -0.2) is 0 Å². The number of aliphatic hydroxyl groups is 6. The van der Waals surface area contributed by atoms with Crippen molar-refractivity contribution in [3.63, 3.8) is 0 Å². The van der Waals surface area contributed by atoms with Gasteiger partial charge in [0.15, 0.2) is 0 Å². The smallest absolute Gasteiger partial charge is 0.148 e. The molecular weight excluding hydrogens is 288 g/mol. The molecule has 0 fully saturated rings. The molecule has 0 saturated carbocycles. The van der Waals surface area contributed by atoms with Crippen molar-refractivity contribution in [3.8, 4) is 0 Å². The van der Waals surface area contributed by atoms with Crippen molar-refractivity contribution >= 4 is 0 Å². The van der Waals surface area contributed by atoms with Crippen LogP contribution in [0, 0.1) is 0 Å². The van der Waals surface area contributed by atoms with Gasteiger partial charge in [-0.05, 0) is 13.8 Å². The lowest BCUT2D eigenvalue weighted by molar-refractivity contribution is -0.0235. The summed E-state index contributed by atoms with van der Waals surface area (Å²) >= 11 is 0. The van der Waals surface area contributed by atoms with E-state index in [0.717, 1.165) is 0 Å². The molecule has 0 radical (unpaired) electrons. The first kappa shape index (κ1) is 25.6. The molecule has 9 nitrogen and oxygen atoms in total. The lowest BCUT2D eigenvalue weighted by atomic mass is 10.7. The highest BCUT2D eigenvalue weighted by Gasteiger charge is 1.89. The lowest BCUT2D eigenvalue weighted by Gasteiger charge is -2.04. The van der Waals surface area contributed by atoms with Crippen LogP contribution in [0.15, 0.2) is 0 Å². The quantitative estimate of drug-likeness (QED) is 0.192. The van der Waals surface area contributed by atoms with Gasteiger partial charge in [0.2, 0.25) is 0 Å². The van der Waals surface area contributed by atoms with Crippen LogP contribution in [0.5, 0.6) is 0 Å². The van der Waals surface area contributed by atoms with Crippen LogP contribution in [-0.2, 0) is 14.2 Å². The number of rotatable bonds is 10. The third kappa shape index (κ3) is 65.8. The first-order valence-corrected chi connectivity index (χ1v) is 6.55. The zero-order chi connectivity index (χ0) is 16.9. The van der Waals surface area contributed by atoms with Gasteiger partial charge in [0.25, 0.3) is 0 Å². The SMILES string of the molecule is CC(O)O.CC(O)O.OCCOCCOCCOCCO. The first-order valence-electron chi connectivity index (χ1n) is 6.55. The van der Waals surface area contributed by atoms with Gasteiger partial charge >= 0.3 is 0 Å². The third-order valence-electron chi connectivity index (χ3n) is 1.22. The van der Waals surface area contributed by atoms with E-state index >= 15 is 0 Å². The molecular formula is C12H30O9. The predicted octanol–water partition coefficient (Wildman–Crippen LogP) is -2.35. The van der Waals surface area contributed by atoms with E-state index in [2.05, 4.69) is 0 Å². The summed E-state index contributed by atoms with van der Waals surface area (Å²) in [4.78, 5) is 0. The van der Waals surface area contributed by atoms with Gasteiger partial charge in [-0.3, -0.25) is 0 Å². The Morgan fingerprint density at radius 3 is 0.952 bits per heavy atom. The Labute approximate surface area is 125 Å². The van der Waals surface area contributed by atoms with E-state index in [0.29, 0.717) is 39.6 Å². The molecule has 0 aromatic rings. The molecule has 132 valence electrons. The molecule has 0 bridgehead atoms. The Morgan fingerprint density at radius 2 is 0.762 bits per heavy atom. The highest BCUT2D eigenvalue weighted by Crippen LogP contribution is 1.80. The van der Waals surface area contributed by atoms with E-state index in [1.807, 2.05) is 0 Å². The second-order valence-corrected chi connectivity index (χ2v) is 3.55. The molecule has 21 heavy (non-hydrogen) atoms. The zero-order valence-electron chi connectivity index (χ0n) is 12.7. The largest absolute Gasteiger partial charge is 0.394 e. The minimum Gasteiger partial charge on any atom is -0.394 e. The lowest BCUT2D eigenvalue weighted by Crippen LogP contribution is -2.11. The predicted molar refractivity (Wildman–Crippen MR) is 74.4 cm³/mol. The van der Waals surface area contributed by atoms with E-state index in [4.69, 9.17) is 44.8 Å². The molecule has 0 unspecified atom stereocenters. The van der Waals surface area contributed by atoms with Crippen molar-refractivity contribution in [2.45, 2.75) is 26.4 Å². The van der Waals surface area contributed by atoms with E-state index in [1.54, 1.807) is 0 Å². The van der Waals surface area contributed by atoms with E-state index in [1.165, 1.54) is 13.8 Å². The van der Waals surface area contributed by atoms with Crippen LogP contribution < -0.4 is 0 Å². The molecule has 0 aliphatic heterocycles. The summed E-state index contributed by atoms with van der Waals surface area (Å²) in [5, 5.41) is 47.2. The number of hydrogen-bond acceptors (Lipinski definition) is 9. The molecule has 0 aliphatic carbocycles. The summed E-state index contributed by atoms with van der Waals surface area (Å²) < 4.78 is 15.0. The third-order valence-corrected chi connectivity index (χ3v) is 1.22. The van der Waals surface area contributed by atoms with E-state index in [9.17, 15) is 0 Å². The summed E-state index contributed by atoms with van der Waals surface area (Å²) in [6.07, 6.45) is -2.33. The first-order chi connectivity index (χ1) is 9.88. The fourth-order valence-electron chi connectivity index (χ4n) is 0.671. The summed E-state index contributed by atoms with van der Waals surface area (Å²) in [7, 11) is 0. The maximum atomic E-state index is 8.36. The Balaban J connectivity index is -0.000000334. The summed E-state index contributed by atoms with van der Waals surface area (Å²) in [6.45, 7) is 5.32. The van der Waals surface area contributed by atoms with Crippen LogP contribution in [0.1, 0.15) is 13.8 Å². The molecule has 0 atom stereocenters. The average Bonchev–Trinajstić information content (AvgIpc) is 2.35. The van der Waals surface area contributed by atoms with Crippen LogP contribution >= 0.6 is 0 Å². The second kappa shape index (κ2) is 24.6. The van der Waals surface area contributed by atoms with Gasteiger partial charge in [-0.2, -0.15) is 0 Å². The van der Waals surface area contributed by atoms with Crippen molar-refractivity contribution in [2.75, 3.05) is 52.9 Å². The Bertz CT molecular complexity index is 134. The Hall–Kier alpha value is -0.360. The van der Waals surface area contributed by atoms with Crippen molar-refractivity contribution < 1.29 is 44.8 Å². The molecule has 9 heteroatoms. The zero-order valence-corrected chi connectivity index (χ0v) is 12.7. The van der Waals surface area contributed by atoms with Gasteiger partial charge < -0.3 is 44.8 Å². The van der Waals surface area contributed by atoms with Crippen LogP contribution in [0.3, 0.4) is 0 Å². The minimum atomic E-state index is -1.17. The summed E-state index contributed by atoms with van der Waals surface area (Å²) in [5.41, 5.74) is 0. The van der Waals surface area contributed by atoms with Crippen LogP contribution in [-0.4, -0.2) is 96.1 Å². The Kier molecular flexibility index (Phi) is 30.0. The highest BCUT2D eigenvalue weighted by molar-refractivity contribution is 4.33. The second-order valence-electron chi connectivity index (χ2n) is 3.55. The van der Waals surface area contributed by atoms with E-state index in [-0.39, 0.29) is 13.2 Å². The van der Waals surface area contributed by atoms with Crippen LogP contribution in [0.4, 0.5) is 0 Å². The van der Waals surface area contributed by atoms with Crippen molar-refractivity contribution in [3.05, 3.63) is 0 Å². The maximum absolute atomic E-state index is 8.36. The highest BCUT2D eigenvalue weighted by atomic mass is 16.5. The van der Waals surface area contributed by atoms with Gasteiger partial charge in [-0.1, -0.05) is 0 Å². The number of hydrogen-bond donors (Lipinski definition) is 6.